The number of rotatable bonds is 7. The topological polar surface area (TPSA) is 59.1 Å². The van der Waals surface area contributed by atoms with Crippen molar-refractivity contribution in [3.05, 3.63) is 59.7 Å². The van der Waals surface area contributed by atoms with Gasteiger partial charge in [-0.15, -0.1) is 13.2 Å². The second-order valence-corrected chi connectivity index (χ2v) is 6.46. The number of amides is 1. The first-order valence-electron chi connectivity index (χ1n) is 8.58. The summed E-state index contributed by atoms with van der Waals surface area (Å²) in [5, 5.41) is 0. The third-order valence-corrected chi connectivity index (χ3v) is 3.95. The van der Waals surface area contributed by atoms with E-state index < -0.39 is 30.6 Å². The largest absolute Gasteiger partial charge is 0.573 e. The molecule has 0 aliphatic carbocycles. The van der Waals surface area contributed by atoms with Crippen LogP contribution in [0.5, 0.6) is 5.75 Å². The molecule has 2 rings (SSSR count). The zero-order valence-corrected chi connectivity index (χ0v) is 16.2. The lowest BCUT2D eigenvalue weighted by molar-refractivity contribution is -0.274. The number of nitrogens with zero attached hydrogens (tertiary/aromatic N) is 2. The summed E-state index contributed by atoms with van der Waals surface area (Å²) in [4.78, 5) is 27.5. The van der Waals surface area contributed by atoms with Gasteiger partial charge in [-0.3, -0.25) is 4.79 Å². The molecular weight excluding hydrogens is 389 g/mol. The zero-order chi connectivity index (χ0) is 21.6. The molecule has 9 heteroatoms. The van der Waals surface area contributed by atoms with Crippen LogP contribution in [0, 0.1) is 0 Å². The standard InChI is InChI=1S/C20H21F3N2O4/c1-24(2)16-8-4-14(5-9-16)12-25(3)18(26)13-28-19(27)15-6-10-17(11-7-15)29-20(21,22)23/h4-11H,12-13H2,1-3H3. The van der Waals surface area contributed by atoms with Crippen molar-refractivity contribution in [1.82, 2.24) is 4.90 Å². The molecule has 156 valence electrons. The summed E-state index contributed by atoms with van der Waals surface area (Å²) < 4.78 is 45.1. The molecule has 6 nitrogen and oxygen atoms in total. The fraction of sp³-hybridized carbons (Fsp3) is 0.300. The van der Waals surface area contributed by atoms with E-state index in [2.05, 4.69) is 4.74 Å². The molecule has 0 aliphatic heterocycles. The van der Waals surface area contributed by atoms with Crippen LogP contribution in [0.15, 0.2) is 48.5 Å². The molecule has 0 aliphatic rings. The number of halogens is 3. The monoisotopic (exact) mass is 410 g/mol. The average Bonchev–Trinajstić information content (AvgIpc) is 2.65. The van der Waals surface area contributed by atoms with Gasteiger partial charge in [0, 0.05) is 33.4 Å². The van der Waals surface area contributed by atoms with Gasteiger partial charge >= 0.3 is 12.3 Å². The zero-order valence-electron chi connectivity index (χ0n) is 16.2. The molecule has 0 unspecified atom stereocenters. The molecule has 2 aromatic rings. The third kappa shape index (κ3) is 7.02. The predicted molar refractivity (Wildman–Crippen MR) is 101 cm³/mol. The Kier molecular flexibility index (Phi) is 7.08. The lowest BCUT2D eigenvalue weighted by atomic mass is 10.2. The number of carbonyl (C=O) groups is 2. The van der Waals surface area contributed by atoms with E-state index in [4.69, 9.17) is 4.74 Å². The maximum atomic E-state index is 12.2. The van der Waals surface area contributed by atoms with Crippen molar-refractivity contribution in [2.24, 2.45) is 0 Å². The van der Waals surface area contributed by atoms with Crippen LogP contribution in [-0.2, 0) is 16.1 Å². The van der Waals surface area contributed by atoms with E-state index >= 15 is 0 Å². The molecule has 0 saturated heterocycles. The van der Waals surface area contributed by atoms with Gasteiger partial charge in [0.15, 0.2) is 6.61 Å². The van der Waals surface area contributed by atoms with Crippen molar-refractivity contribution in [2.45, 2.75) is 12.9 Å². The predicted octanol–water partition coefficient (Wildman–Crippen LogP) is 3.47. The number of anilines is 1. The minimum atomic E-state index is -4.81. The highest BCUT2D eigenvalue weighted by molar-refractivity contribution is 5.91. The van der Waals surface area contributed by atoms with E-state index in [1.165, 1.54) is 4.90 Å². The molecule has 0 radical (unpaired) electrons. The molecule has 0 fully saturated rings. The molecule has 0 N–H and O–H groups in total. The van der Waals surface area contributed by atoms with E-state index in [1.807, 2.05) is 43.3 Å². The van der Waals surface area contributed by atoms with Crippen LogP contribution >= 0.6 is 0 Å². The summed E-state index contributed by atoms with van der Waals surface area (Å²) >= 11 is 0. The Morgan fingerprint density at radius 3 is 2.03 bits per heavy atom. The number of esters is 1. The van der Waals surface area contributed by atoms with Crippen molar-refractivity contribution < 1.29 is 32.2 Å². The summed E-state index contributed by atoms with van der Waals surface area (Å²) in [6, 6.07) is 11.9. The molecule has 0 bridgehead atoms. The Balaban J connectivity index is 1.85. The van der Waals surface area contributed by atoms with Crippen molar-refractivity contribution in [1.29, 1.82) is 0 Å². The number of likely N-dealkylation sites (N-methyl/N-ethyl adjacent to an activating group) is 1. The van der Waals surface area contributed by atoms with E-state index in [0.717, 1.165) is 35.5 Å². The molecule has 2 aromatic carbocycles. The Labute approximate surface area is 166 Å². The summed E-state index contributed by atoms with van der Waals surface area (Å²) in [5.74, 6) is -1.68. The number of benzene rings is 2. The minimum absolute atomic E-state index is 0.00857. The van der Waals surface area contributed by atoms with Gasteiger partial charge in [-0.05, 0) is 42.0 Å². The molecule has 0 atom stereocenters. The van der Waals surface area contributed by atoms with Crippen molar-refractivity contribution in [2.75, 3.05) is 32.6 Å². The lowest BCUT2D eigenvalue weighted by Gasteiger charge is -2.18. The van der Waals surface area contributed by atoms with Crippen LogP contribution < -0.4 is 9.64 Å². The van der Waals surface area contributed by atoms with Gasteiger partial charge in [0.1, 0.15) is 5.75 Å². The fourth-order valence-electron chi connectivity index (χ4n) is 2.38. The highest BCUT2D eigenvalue weighted by atomic mass is 19.4. The van der Waals surface area contributed by atoms with Gasteiger partial charge in [-0.1, -0.05) is 12.1 Å². The summed E-state index contributed by atoms with van der Waals surface area (Å²) in [6.07, 6.45) is -4.81. The first-order valence-corrected chi connectivity index (χ1v) is 8.58. The second kappa shape index (κ2) is 9.31. The van der Waals surface area contributed by atoms with Gasteiger partial charge < -0.3 is 19.3 Å². The number of alkyl halides is 3. The second-order valence-electron chi connectivity index (χ2n) is 6.46. The summed E-state index contributed by atoms with van der Waals surface area (Å²) in [5.41, 5.74) is 1.95. The third-order valence-electron chi connectivity index (χ3n) is 3.95. The number of hydrogen-bond acceptors (Lipinski definition) is 5. The van der Waals surface area contributed by atoms with Gasteiger partial charge in [0.2, 0.25) is 0 Å². The molecule has 0 heterocycles. The number of hydrogen-bond donors (Lipinski definition) is 0. The van der Waals surface area contributed by atoms with E-state index in [1.54, 1.807) is 7.05 Å². The smallest absolute Gasteiger partial charge is 0.452 e. The molecule has 0 aromatic heterocycles. The quantitative estimate of drug-likeness (QED) is 0.655. The molecule has 0 spiro atoms. The fourth-order valence-corrected chi connectivity index (χ4v) is 2.38. The molecule has 1 amide bonds. The Bertz CT molecular complexity index is 834. The van der Waals surface area contributed by atoms with Crippen LogP contribution in [0.4, 0.5) is 18.9 Å². The van der Waals surface area contributed by atoms with Gasteiger partial charge in [0.25, 0.3) is 5.91 Å². The van der Waals surface area contributed by atoms with Crippen molar-refractivity contribution >= 4 is 17.6 Å². The van der Waals surface area contributed by atoms with Crippen LogP contribution in [0.2, 0.25) is 0 Å². The summed E-state index contributed by atoms with van der Waals surface area (Å²) in [6.45, 7) is -0.139. The normalized spacial score (nSPS) is 11.0. The van der Waals surface area contributed by atoms with Crippen molar-refractivity contribution in [3.63, 3.8) is 0 Å². The Hall–Kier alpha value is -3.23. The van der Waals surface area contributed by atoms with E-state index in [9.17, 15) is 22.8 Å². The SMILES string of the molecule is CN(Cc1ccc(N(C)C)cc1)C(=O)COC(=O)c1ccc(OC(F)(F)F)cc1. The molecule has 29 heavy (non-hydrogen) atoms. The Morgan fingerprint density at radius 1 is 0.931 bits per heavy atom. The van der Waals surface area contributed by atoms with Crippen LogP contribution in [0.25, 0.3) is 0 Å². The minimum Gasteiger partial charge on any atom is -0.452 e. The van der Waals surface area contributed by atoms with Crippen LogP contribution in [0.1, 0.15) is 15.9 Å². The number of ether oxygens (including phenoxy) is 2. The van der Waals surface area contributed by atoms with Gasteiger partial charge in [-0.25, -0.2) is 4.79 Å². The van der Waals surface area contributed by atoms with E-state index in [0.29, 0.717) is 6.54 Å². The van der Waals surface area contributed by atoms with Gasteiger partial charge in [0.05, 0.1) is 5.56 Å². The average molecular weight is 410 g/mol. The highest BCUT2D eigenvalue weighted by Crippen LogP contribution is 2.23. The van der Waals surface area contributed by atoms with Crippen molar-refractivity contribution in [3.8, 4) is 5.75 Å². The first-order chi connectivity index (χ1) is 13.5. The lowest BCUT2D eigenvalue weighted by Crippen LogP contribution is -2.30. The highest BCUT2D eigenvalue weighted by Gasteiger charge is 2.31. The first kappa shape index (κ1) is 22.1. The Morgan fingerprint density at radius 2 is 1.52 bits per heavy atom. The van der Waals surface area contributed by atoms with Crippen LogP contribution in [-0.4, -0.2) is 50.9 Å². The molecular formula is C20H21F3N2O4. The summed E-state index contributed by atoms with van der Waals surface area (Å²) in [7, 11) is 5.44. The number of carbonyl (C=O) groups excluding carboxylic acids is 2. The molecule has 0 saturated carbocycles. The maximum absolute atomic E-state index is 12.2. The van der Waals surface area contributed by atoms with Crippen LogP contribution in [0.3, 0.4) is 0 Å². The maximum Gasteiger partial charge on any atom is 0.573 e. The van der Waals surface area contributed by atoms with Gasteiger partial charge in [-0.2, -0.15) is 0 Å². The van der Waals surface area contributed by atoms with E-state index in [-0.39, 0.29) is 5.56 Å².